The van der Waals surface area contributed by atoms with Crippen LogP contribution in [0.4, 0.5) is 0 Å². The molecule has 1 aromatic rings. The summed E-state index contributed by atoms with van der Waals surface area (Å²) in [4.78, 5) is 11.8. The molecule has 0 saturated heterocycles. The molecule has 0 amide bonds. The van der Waals surface area contributed by atoms with Crippen molar-refractivity contribution >= 4 is 5.97 Å². The molecule has 3 heteroatoms. The molecule has 1 atom stereocenters. The summed E-state index contributed by atoms with van der Waals surface area (Å²) in [5.41, 5.74) is 7.86. The molecule has 1 unspecified atom stereocenters. The minimum absolute atomic E-state index is 0.148. The van der Waals surface area contributed by atoms with Gasteiger partial charge in [-0.05, 0) is 39.7 Å². The molecule has 0 aliphatic heterocycles. The van der Waals surface area contributed by atoms with Gasteiger partial charge in [0.15, 0.2) is 0 Å². The zero-order valence-electron chi connectivity index (χ0n) is 11.7. The van der Waals surface area contributed by atoms with Gasteiger partial charge < -0.3 is 10.5 Å². The second-order valence-corrected chi connectivity index (χ2v) is 5.33. The second kappa shape index (κ2) is 6.01. The van der Waals surface area contributed by atoms with Crippen molar-refractivity contribution in [1.82, 2.24) is 0 Å². The number of carbonyl (C=O) groups excluding carboxylic acids is 1. The number of carbonyl (C=O) groups is 1. The van der Waals surface area contributed by atoms with Crippen molar-refractivity contribution in [3.8, 4) is 0 Å². The second-order valence-electron chi connectivity index (χ2n) is 5.33. The fourth-order valence-electron chi connectivity index (χ4n) is 1.89. The van der Waals surface area contributed by atoms with Gasteiger partial charge in [-0.1, -0.05) is 29.8 Å². The van der Waals surface area contributed by atoms with Crippen LogP contribution in [0.25, 0.3) is 0 Å². The number of esters is 1. The van der Waals surface area contributed by atoms with Crippen molar-refractivity contribution in [1.29, 1.82) is 0 Å². The van der Waals surface area contributed by atoms with Gasteiger partial charge in [-0.2, -0.15) is 0 Å². The number of benzene rings is 1. The Morgan fingerprint density at radius 2 is 1.89 bits per heavy atom. The summed E-state index contributed by atoms with van der Waals surface area (Å²) in [6.45, 7) is 8.01. The van der Waals surface area contributed by atoms with Crippen LogP contribution in [0.2, 0.25) is 0 Å². The van der Waals surface area contributed by atoms with E-state index >= 15 is 0 Å². The fraction of sp³-hybridized carbons (Fsp3) is 0.533. The lowest BCUT2D eigenvalue weighted by Gasteiger charge is -2.26. The van der Waals surface area contributed by atoms with E-state index < -0.39 is 5.41 Å². The van der Waals surface area contributed by atoms with Crippen LogP contribution in [-0.2, 0) is 9.53 Å². The number of hydrogen-bond acceptors (Lipinski definition) is 3. The normalized spacial score (nSPS) is 13.2. The first-order valence-corrected chi connectivity index (χ1v) is 6.36. The van der Waals surface area contributed by atoms with Crippen LogP contribution in [0, 0.1) is 12.3 Å². The topological polar surface area (TPSA) is 52.3 Å². The van der Waals surface area contributed by atoms with Crippen molar-refractivity contribution in [2.24, 2.45) is 11.1 Å². The molecule has 3 nitrogen and oxygen atoms in total. The Kier molecular flexibility index (Phi) is 4.91. The van der Waals surface area contributed by atoms with E-state index in [0.29, 0.717) is 13.0 Å². The smallest absolute Gasteiger partial charge is 0.311 e. The highest BCUT2D eigenvalue weighted by molar-refractivity contribution is 5.75. The van der Waals surface area contributed by atoms with Crippen molar-refractivity contribution in [3.05, 3.63) is 35.4 Å². The molecule has 0 aliphatic carbocycles. The molecule has 0 saturated carbocycles. The molecular weight excluding hydrogens is 226 g/mol. The monoisotopic (exact) mass is 249 g/mol. The predicted molar refractivity (Wildman–Crippen MR) is 73.1 cm³/mol. The highest BCUT2D eigenvalue weighted by Crippen LogP contribution is 2.29. The molecule has 0 bridgehead atoms. The first kappa shape index (κ1) is 14.7. The van der Waals surface area contributed by atoms with Crippen LogP contribution in [0.5, 0.6) is 0 Å². The summed E-state index contributed by atoms with van der Waals surface area (Å²) in [5, 5.41) is 0. The summed E-state index contributed by atoms with van der Waals surface area (Å²) in [5.74, 6) is -0.187. The third-order valence-corrected chi connectivity index (χ3v) is 3.06. The highest BCUT2D eigenvalue weighted by Gasteiger charge is 2.31. The molecule has 0 spiro atoms. The first-order chi connectivity index (χ1) is 8.36. The maximum absolute atomic E-state index is 11.8. The lowest BCUT2D eigenvalue weighted by atomic mass is 9.84. The third kappa shape index (κ3) is 3.84. The lowest BCUT2D eigenvalue weighted by molar-refractivity contribution is -0.154. The molecule has 0 radical (unpaired) electrons. The Bertz CT molecular complexity index is 395. The zero-order chi connectivity index (χ0) is 13.8. The van der Waals surface area contributed by atoms with Crippen LogP contribution in [0.15, 0.2) is 24.3 Å². The number of rotatable bonds is 5. The van der Waals surface area contributed by atoms with Gasteiger partial charge in [0.25, 0.3) is 0 Å². The van der Waals surface area contributed by atoms with Gasteiger partial charge in [-0.25, -0.2) is 0 Å². The Morgan fingerprint density at radius 3 is 2.39 bits per heavy atom. The molecule has 0 aliphatic rings. The third-order valence-electron chi connectivity index (χ3n) is 3.06. The Labute approximate surface area is 109 Å². The van der Waals surface area contributed by atoms with Crippen molar-refractivity contribution in [3.63, 3.8) is 0 Å². The van der Waals surface area contributed by atoms with Crippen molar-refractivity contribution in [2.75, 3.05) is 6.61 Å². The van der Waals surface area contributed by atoms with E-state index in [1.807, 2.05) is 52.0 Å². The van der Waals surface area contributed by atoms with Gasteiger partial charge in [-0.3, -0.25) is 4.79 Å². The van der Waals surface area contributed by atoms with E-state index in [9.17, 15) is 4.79 Å². The summed E-state index contributed by atoms with van der Waals surface area (Å²) in [6, 6.07) is 7.95. The van der Waals surface area contributed by atoms with Gasteiger partial charge in [0.05, 0.1) is 12.0 Å². The maximum Gasteiger partial charge on any atom is 0.311 e. The molecule has 1 aromatic carbocycles. The average Bonchev–Trinajstić information content (AvgIpc) is 2.29. The highest BCUT2D eigenvalue weighted by atomic mass is 16.5. The number of nitrogens with two attached hydrogens (primary N) is 1. The summed E-state index contributed by atoms with van der Waals surface area (Å²) in [7, 11) is 0. The van der Waals surface area contributed by atoms with Gasteiger partial charge >= 0.3 is 5.97 Å². The van der Waals surface area contributed by atoms with Gasteiger partial charge in [-0.15, -0.1) is 0 Å². The van der Waals surface area contributed by atoms with E-state index in [-0.39, 0.29) is 12.0 Å². The Morgan fingerprint density at radius 1 is 1.33 bits per heavy atom. The molecule has 2 N–H and O–H groups in total. The molecular formula is C15H23NO2. The molecule has 0 aromatic heterocycles. The number of aryl methyl sites for hydroxylation is 1. The minimum Gasteiger partial charge on any atom is -0.466 e. The van der Waals surface area contributed by atoms with Crippen LogP contribution in [-0.4, -0.2) is 12.6 Å². The first-order valence-electron chi connectivity index (χ1n) is 6.36. The summed E-state index contributed by atoms with van der Waals surface area (Å²) in [6.07, 6.45) is 0.578. The van der Waals surface area contributed by atoms with Gasteiger partial charge in [0, 0.05) is 6.04 Å². The lowest BCUT2D eigenvalue weighted by Crippen LogP contribution is -2.31. The van der Waals surface area contributed by atoms with E-state index in [2.05, 4.69) is 0 Å². The van der Waals surface area contributed by atoms with Crippen LogP contribution in [0.3, 0.4) is 0 Å². The number of ether oxygens (including phenoxy) is 1. The molecule has 18 heavy (non-hydrogen) atoms. The van der Waals surface area contributed by atoms with Crippen LogP contribution in [0.1, 0.15) is 44.4 Å². The Hall–Kier alpha value is -1.35. The van der Waals surface area contributed by atoms with Crippen molar-refractivity contribution < 1.29 is 9.53 Å². The predicted octanol–water partition coefficient (Wildman–Crippen LogP) is 2.97. The van der Waals surface area contributed by atoms with E-state index in [1.165, 1.54) is 5.56 Å². The van der Waals surface area contributed by atoms with Crippen molar-refractivity contribution in [2.45, 2.75) is 40.2 Å². The molecule has 0 heterocycles. The maximum atomic E-state index is 11.8. The molecule has 100 valence electrons. The summed E-state index contributed by atoms with van der Waals surface area (Å²) >= 11 is 0. The van der Waals surface area contributed by atoms with Gasteiger partial charge in [0.1, 0.15) is 0 Å². The fourth-order valence-corrected chi connectivity index (χ4v) is 1.89. The zero-order valence-corrected chi connectivity index (χ0v) is 11.7. The average molecular weight is 249 g/mol. The summed E-state index contributed by atoms with van der Waals surface area (Å²) < 4.78 is 5.07. The van der Waals surface area contributed by atoms with Crippen LogP contribution >= 0.6 is 0 Å². The van der Waals surface area contributed by atoms with Crippen LogP contribution < -0.4 is 5.73 Å². The standard InChI is InChI=1S/C15H23NO2/c1-5-18-14(17)15(3,4)10-13(16)12-8-6-11(2)7-9-12/h6-9,13H,5,10,16H2,1-4H3. The van der Waals surface area contributed by atoms with E-state index in [1.54, 1.807) is 0 Å². The molecule has 0 fully saturated rings. The Balaban J connectivity index is 2.71. The largest absolute Gasteiger partial charge is 0.466 e. The minimum atomic E-state index is -0.555. The SMILES string of the molecule is CCOC(=O)C(C)(C)CC(N)c1ccc(C)cc1. The van der Waals surface area contributed by atoms with Gasteiger partial charge in [0.2, 0.25) is 0 Å². The number of hydrogen-bond donors (Lipinski definition) is 1. The quantitative estimate of drug-likeness (QED) is 0.816. The molecule has 1 rings (SSSR count). The van der Waals surface area contributed by atoms with E-state index in [0.717, 1.165) is 5.56 Å². The van der Waals surface area contributed by atoms with E-state index in [4.69, 9.17) is 10.5 Å².